The zero-order valence-corrected chi connectivity index (χ0v) is 10.4. The quantitative estimate of drug-likeness (QED) is 0.801. The molecule has 1 aromatic rings. The van der Waals surface area contributed by atoms with Gasteiger partial charge in [0.05, 0.1) is 5.25 Å². The van der Waals surface area contributed by atoms with E-state index in [1.165, 1.54) is 6.20 Å². The first-order valence-electron chi connectivity index (χ1n) is 5.48. The van der Waals surface area contributed by atoms with Gasteiger partial charge in [-0.05, 0) is 25.3 Å². The van der Waals surface area contributed by atoms with Gasteiger partial charge in [-0.3, -0.25) is 0 Å². The van der Waals surface area contributed by atoms with E-state index in [0.717, 1.165) is 6.26 Å². The highest BCUT2D eigenvalue weighted by Crippen LogP contribution is 2.43. The number of rotatable bonds is 2. The molecule has 94 valence electrons. The molecule has 17 heavy (non-hydrogen) atoms. The largest absolute Gasteiger partial charge is 0.384 e. The molecule has 1 fully saturated rings. The number of anilines is 1. The Morgan fingerprint density at radius 2 is 2.29 bits per heavy atom. The lowest BCUT2D eigenvalue weighted by molar-refractivity contribution is 0.0482. The summed E-state index contributed by atoms with van der Waals surface area (Å²) in [7, 11) is -3.31. The molecule has 2 unspecified atom stereocenters. The topological polar surface area (TPSA) is 93.3 Å². The lowest BCUT2D eigenvalue weighted by atomic mass is 9.92. The van der Waals surface area contributed by atoms with Crippen molar-refractivity contribution in [2.75, 3.05) is 12.0 Å². The van der Waals surface area contributed by atoms with Crippen LogP contribution in [0.2, 0.25) is 0 Å². The number of sulfone groups is 1. The van der Waals surface area contributed by atoms with Crippen LogP contribution in [0.25, 0.3) is 0 Å². The van der Waals surface area contributed by atoms with E-state index >= 15 is 0 Å². The SMILES string of the molecule is CS(=O)(=O)C1CCCC1(O)c1cccnc1N. The number of hydrogen-bond acceptors (Lipinski definition) is 5. The Labute approximate surface area is 101 Å². The fourth-order valence-electron chi connectivity index (χ4n) is 2.62. The minimum absolute atomic E-state index is 0.200. The van der Waals surface area contributed by atoms with Crippen molar-refractivity contribution in [3.05, 3.63) is 23.9 Å². The number of nitrogen functional groups attached to an aromatic ring is 1. The first-order chi connectivity index (χ1) is 7.86. The lowest BCUT2D eigenvalue weighted by Crippen LogP contribution is -2.40. The molecule has 1 aliphatic rings. The van der Waals surface area contributed by atoms with Gasteiger partial charge >= 0.3 is 0 Å². The summed E-state index contributed by atoms with van der Waals surface area (Å²) < 4.78 is 23.4. The number of aliphatic hydroxyl groups is 1. The average molecular weight is 256 g/mol. The summed E-state index contributed by atoms with van der Waals surface area (Å²) in [4.78, 5) is 3.91. The molecule has 0 aliphatic heterocycles. The normalized spacial score (nSPS) is 29.4. The molecule has 1 saturated carbocycles. The molecule has 0 radical (unpaired) electrons. The summed E-state index contributed by atoms with van der Waals surface area (Å²) in [5, 5.41) is 9.85. The molecule has 2 rings (SSSR count). The van der Waals surface area contributed by atoms with Crippen LogP contribution in [-0.4, -0.2) is 30.0 Å². The summed E-state index contributed by atoms with van der Waals surface area (Å²) in [5.41, 5.74) is 4.75. The van der Waals surface area contributed by atoms with E-state index in [9.17, 15) is 13.5 Å². The van der Waals surface area contributed by atoms with Crippen molar-refractivity contribution in [3.8, 4) is 0 Å². The van der Waals surface area contributed by atoms with Gasteiger partial charge in [0.15, 0.2) is 9.84 Å². The second-order valence-corrected chi connectivity index (χ2v) is 6.80. The van der Waals surface area contributed by atoms with Crippen LogP contribution in [0.3, 0.4) is 0 Å². The molecule has 3 N–H and O–H groups in total. The van der Waals surface area contributed by atoms with E-state index in [4.69, 9.17) is 5.73 Å². The van der Waals surface area contributed by atoms with Gasteiger partial charge in [-0.1, -0.05) is 6.07 Å². The Morgan fingerprint density at radius 3 is 2.88 bits per heavy atom. The second kappa shape index (κ2) is 3.96. The number of pyridine rings is 1. The van der Waals surface area contributed by atoms with Crippen molar-refractivity contribution in [3.63, 3.8) is 0 Å². The molecular formula is C11H16N2O3S. The predicted molar refractivity (Wildman–Crippen MR) is 65.0 cm³/mol. The van der Waals surface area contributed by atoms with Gasteiger partial charge in [0.2, 0.25) is 0 Å². The van der Waals surface area contributed by atoms with Gasteiger partial charge in [-0.25, -0.2) is 13.4 Å². The molecule has 1 aromatic heterocycles. The zero-order chi connectivity index (χ0) is 12.7. The molecule has 1 heterocycles. The van der Waals surface area contributed by atoms with Crippen LogP contribution in [0.5, 0.6) is 0 Å². The third-order valence-electron chi connectivity index (χ3n) is 3.38. The van der Waals surface area contributed by atoms with Gasteiger partial charge < -0.3 is 10.8 Å². The highest BCUT2D eigenvalue weighted by Gasteiger charge is 2.49. The summed E-state index contributed by atoms with van der Waals surface area (Å²) in [6, 6.07) is 3.30. The van der Waals surface area contributed by atoms with Crippen LogP contribution in [0, 0.1) is 0 Å². The van der Waals surface area contributed by atoms with E-state index in [1.54, 1.807) is 12.1 Å². The summed E-state index contributed by atoms with van der Waals surface area (Å²) in [6.07, 6.45) is 4.21. The number of nitrogens with zero attached hydrogens (tertiary/aromatic N) is 1. The van der Waals surface area contributed by atoms with E-state index < -0.39 is 20.7 Å². The fourth-order valence-corrected chi connectivity index (χ4v) is 4.16. The van der Waals surface area contributed by atoms with Gasteiger partial charge in [0, 0.05) is 18.0 Å². The van der Waals surface area contributed by atoms with E-state index in [-0.39, 0.29) is 5.82 Å². The highest BCUT2D eigenvalue weighted by molar-refractivity contribution is 7.91. The van der Waals surface area contributed by atoms with Crippen LogP contribution < -0.4 is 5.73 Å². The molecule has 0 saturated heterocycles. The molecule has 0 spiro atoms. The minimum Gasteiger partial charge on any atom is -0.384 e. The number of hydrogen-bond donors (Lipinski definition) is 2. The maximum Gasteiger partial charge on any atom is 0.153 e. The summed E-state index contributed by atoms with van der Waals surface area (Å²) in [5.74, 6) is 0.200. The highest BCUT2D eigenvalue weighted by atomic mass is 32.2. The maximum atomic E-state index is 11.7. The molecule has 5 nitrogen and oxygen atoms in total. The van der Waals surface area contributed by atoms with Crippen LogP contribution in [0.4, 0.5) is 5.82 Å². The van der Waals surface area contributed by atoms with Crippen molar-refractivity contribution in [2.45, 2.75) is 30.1 Å². The number of aromatic nitrogens is 1. The third-order valence-corrected chi connectivity index (χ3v) is 5.04. The summed E-state index contributed by atoms with van der Waals surface area (Å²) in [6.45, 7) is 0. The van der Waals surface area contributed by atoms with Crippen molar-refractivity contribution in [2.24, 2.45) is 0 Å². The van der Waals surface area contributed by atoms with Crippen LogP contribution in [-0.2, 0) is 15.4 Å². The predicted octanol–water partition coefficient (Wildman–Crippen LogP) is 0.449. The van der Waals surface area contributed by atoms with Gasteiger partial charge in [0.1, 0.15) is 11.4 Å². The van der Waals surface area contributed by atoms with Crippen molar-refractivity contribution < 1.29 is 13.5 Å². The van der Waals surface area contributed by atoms with Crippen molar-refractivity contribution in [1.29, 1.82) is 0 Å². The van der Waals surface area contributed by atoms with Crippen LogP contribution >= 0.6 is 0 Å². The van der Waals surface area contributed by atoms with Crippen molar-refractivity contribution >= 4 is 15.7 Å². The van der Waals surface area contributed by atoms with E-state index in [2.05, 4.69) is 4.98 Å². The van der Waals surface area contributed by atoms with E-state index in [0.29, 0.717) is 24.8 Å². The Balaban J connectivity index is 2.53. The van der Waals surface area contributed by atoms with Crippen molar-refractivity contribution in [1.82, 2.24) is 4.98 Å². The molecule has 6 heteroatoms. The Morgan fingerprint density at radius 1 is 1.59 bits per heavy atom. The second-order valence-electron chi connectivity index (χ2n) is 4.57. The fraction of sp³-hybridized carbons (Fsp3) is 0.545. The smallest absolute Gasteiger partial charge is 0.153 e. The molecule has 0 bridgehead atoms. The third kappa shape index (κ3) is 2.02. The lowest BCUT2D eigenvalue weighted by Gasteiger charge is -2.29. The molecule has 0 amide bonds. The van der Waals surface area contributed by atoms with Crippen LogP contribution in [0.1, 0.15) is 24.8 Å². The number of nitrogens with two attached hydrogens (primary N) is 1. The monoisotopic (exact) mass is 256 g/mol. The molecule has 0 aromatic carbocycles. The van der Waals surface area contributed by atoms with Gasteiger partial charge in [-0.2, -0.15) is 0 Å². The Bertz CT molecular complexity index is 529. The Kier molecular flexibility index (Phi) is 2.87. The van der Waals surface area contributed by atoms with E-state index in [1.807, 2.05) is 0 Å². The Hall–Kier alpha value is -1.14. The first kappa shape index (κ1) is 12.3. The minimum atomic E-state index is -3.31. The average Bonchev–Trinajstić information content (AvgIpc) is 2.61. The summed E-state index contributed by atoms with van der Waals surface area (Å²) >= 11 is 0. The van der Waals surface area contributed by atoms with Gasteiger partial charge in [0.25, 0.3) is 0 Å². The first-order valence-corrected chi connectivity index (χ1v) is 7.43. The molecular weight excluding hydrogens is 240 g/mol. The maximum absolute atomic E-state index is 11.7. The van der Waals surface area contributed by atoms with Crippen LogP contribution in [0.15, 0.2) is 18.3 Å². The van der Waals surface area contributed by atoms with Gasteiger partial charge in [-0.15, -0.1) is 0 Å². The molecule has 1 aliphatic carbocycles. The standard InChI is InChI=1S/C11H16N2O3S/c1-17(15,16)9-5-2-6-11(9,14)8-4-3-7-13-10(8)12/h3-4,7,9,14H,2,5-6H2,1H3,(H2,12,13). The molecule has 2 atom stereocenters. The zero-order valence-electron chi connectivity index (χ0n) is 9.63.